The molecule has 17 heavy (non-hydrogen) atoms. The zero-order valence-corrected chi connectivity index (χ0v) is 11.4. The molecule has 1 amide bonds. The molecule has 0 bridgehead atoms. The molecule has 1 aromatic carbocycles. The van der Waals surface area contributed by atoms with Crippen molar-refractivity contribution in [1.29, 1.82) is 0 Å². The molecule has 0 saturated carbocycles. The van der Waals surface area contributed by atoms with E-state index in [4.69, 9.17) is 0 Å². The fourth-order valence-electron chi connectivity index (χ4n) is 1.24. The molecule has 0 fully saturated rings. The van der Waals surface area contributed by atoms with Gasteiger partial charge in [0.15, 0.2) is 0 Å². The highest BCUT2D eigenvalue weighted by Gasteiger charge is 2.15. The van der Waals surface area contributed by atoms with Gasteiger partial charge in [0.25, 0.3) is 0 Å². The number of hydrogen-bond donors (Lipinski definition) is 3. The van der Waals surface area contributed by atoms with E-state index in [0.717, 1.165) is 4.47 Å². The van der Waals surface area contributed by atoms with Gasteiger partial charge in [-0.15, -0.1) is 0 Å². The predicted octanol–water partition coefficient (Wildman–Crippen LogP) is 2.50. The molecule has 0 aromatic heterocycles. The van der Waals surface area contributed by atoms with E-state index in [1.165, 1.54) is 6.07 Å². The van der Waals surface area contributed by atoms with Crippen LogP contribution in [0.3, 0.4) is 0 Å². The number of amides is 1. The maximum atomic E-state index is 11.6. The van der Waals surface area contributed by atoms with Crippen LogP contribution in [-0.2, 0) is 4.79 Å². The lowest BCUT2D eigenvalue weighted by Crippen LogP contribution is -2.23. The van der Waals surface area contributed by atoms with Gasteiger partial charge >= 0.3 is 0 Å². The normalized spacial score (nSPS) is 12.5. The van der Waals surface area contributed by atoms with Crippen LogP contribution >= 0.6 is 15.9 Å². The highest BCUT2D eigenvalue weighted by molar-refractivity contribution is 9.10. The van der Waals surface area contributed by atoms with Crippen LogP contribution in [0.25, 0.3) is 0 Å². The summed E-state index contributed by atoms with van der Waals surface area (Å²) in [7, 11) is 0. The van der Waals surface area contributed by atoms with E-state index < -0.39 is 6.10 Å². The van der Waals surface area contributed by atoms with Gasteiger partial charge in [0, 0.05) is 4.47 Å². The van der Waals surface area contributed by atoms with E-state index >= 15 is 0 Å². The number of benzene rings is 1. The second kappa shape index (κ2) is 6.02. The fraction of sp³-hybridized carbons (Fsp3) is 0.417. The van der Waals surface area contributed by atoms with Gasteiger partial charge in [-0.25, -0.2) is 0 Å². The van der Waals surface area contributed by atoms with Crippen LogP contribution in [-0.4, -0.2) is 22.2 Å². The van der Waals surface area contributed by atoms with Crippen LogP contribution in [0, 0.1) is 5.92 Å². The smallest absolute Gasteiger partial charge is 0.227 e. The third-order valence-corrected chi connectivity index (χ3v) is 2.89. The van der Waals surface area contributed by atoms with E-state index in [0.29, 0.717) is 5.69 Å². The minimum atomic E-state index is -0.677. The van der Waals surface area contributed by atoms with Crippen molar-refractivity contribution in [3.8, 4) is 5.75 Å². The maximum Gasteiger partial charge on any atom is 0.227 e. The Morgan fingerprint density at radius 1 is 1.47 bits per heavy atom. The lowest BCUT2D eigenvalue weighted by atomic mass is 10.0. The summed E-state index contributed by atoms with van der Waals surface area (Å²) in [4.78, 5) is 11.6. The third-order valence-electron chi connectivity index (χ3n) is 2.40. The minimum absolute atomic E-state index is 0.000543. The Labute approximate surface area is 109 Å². The molecule has 3 N–H and O–H groups in total. The van der Waals surface area contributed by atoms with Crippen LogP contribution in [0.15, 0.2) is 22.7 Å². The van der Waals surface area contributed by atoms with Crippen molar-refractivity contribution in [2.75, 3.05) is 5.32 Å². The predicted molar refractivity (Wildman–Crippen MR) is 69.9 cm³/mol. The molecule has 1 rings (SSSR count). The zero-order chi connectivity index (χ0) is 13.0. The Kier molecular flexibility index (Phi) is 4.96. The molecule has 0 saturated heterocycles. The number of anilines is 1. The van der Waals surface area contributed by atoms with Gasteiger partial charge in [-0.2, -0.15) is 0 Å². The molecule has 1 unspecified atom stereocenters. The standard InChI is InChI=1S/C12H16BrNO3/c1-7(2)11(16)6-12(17)14-9-5-8(13)3-4-10(9)15/h3-5,7,11,15-16H,6H2,1-2H3,(H,14,17). The lowest BCUT2D eigenvalue weighted by molar-refractivity contribution is -0.118. The Hall–Kier alpha value is -1.07. The molecular weight excluding hydrogens is 286 g/mol. The number of halogens is 1. The number of aliphatic hydroxyl groups excluding tert-OH is 1. The third kappa shape index (κ3) is 4.36. The number of hydrogen-bond acceptors (Lipinski definition) is 3. The Balaban J connectivity index is 2.65. The summed E-state index contributed by atoms with van der Waals surface area (Å²) in [5.41, 5.74) is 0.334. The topological polar surface area (TPSA) is 69.6 Å². The Morgan fingerprint density at radius 3 is 2.71 bits per heavy atom. The van der Waals surface area contributed by atoms with Crippen molar-refractivity contribution >= 4 is 27.5 Å². The van der Waals surface area contributed by atoms with E-state index in [-0.39, 0.29) is 24.0 Å². The summed E-state index contributed by atoms with van der Waals surface area (Å²) in [6.45, 7) is 3.68. The van der Waals surface area contributed by atoms with Gasteiger partial charge in [-0.05, 0) is 24.1 Å². The number of carbonyl (C=O) groups excluding carboxylic acids is 1. The average molecular weight is 302 g/mol. The van der Waals surface area contributed by atoms with Crippen molar-refractivity contribution < 1.29 is 15.0 Å². The number of phenolic OH excluding ortho intramolecular Hbond substituents is 1. The summed E-state index contributed by atoms with van der Waals surface area (Å²) in [5.74, 6) is -0.294. The molecule has 0 spiro atoms. The number of phenols is 1. The summed E-state index contributed by atoms with van der Waals surface area (Å²) in [6.07, 6.45) is -0.659. The van der Waals surface area contributed by atoms with Crippen molar-refractivity contribution in [3.05, 3.63) is 22.7 Å². The quantitative estimate of drug-likeness (QED) is 0.748. The first-order valence-corrected chi connectivity index (χ1v) is 6.16. The average Bonchev–Trinajstić information content (AvgIpc) is 2.23. The van der Waals surface area contributed by atoms with Gasteiger partial charge in [-0.1, -0.05) is 29.8 Å². The Bertz CT molecular complexity index is 407. The van der Waals surface area contributed by atoms with Crippen LogP contribution in [0.1, 0.15) is 20.3 Å². The second-order valence-corrected chi connectivity index (χ2v) is 5.14. The first-order valence-electron chi connectivity index (χ1n) is 5.36. The van der Waals surface area contributed by atoms with E-state index in [1.807, 2.05) is 13.8 Å². The minimum Gasteiger partial charge on any atom is -0.506 e. The number of aromatic hydroxyl groups is 1. The molecule has 5 heteroatoms. The zero-order valence-electron chi connectivity index (χ0n) is 9.77. The largest absolute Gasteiger partial charge is 0.506 e. The molecule has 0 aliphatic heterocycles. The molecule has 0 heterocycles. The second-order valence-electron chi connectivity index (χ2n) is 4.23. The first kappa shape index (κ1) is 14.0. The van der Waals surface area contributed by atoms with Crippen LogP contribution in [0.4, 0.5) is 5.69 Å². The molecule has 1 atom stereocenters. The molecule has 0 radical (unpaired) electrons. The number of carbonyl (C=O) groups is 1. The van der Waals surface area contributed by atoms with Gasteiger partial charge in [0.05, 0.1) is 18.2 Å². The summed E-state index contributed by atoms with van der Waals surface area (Å²) in [6, 6.07) is 4.77. The monoisotopic (exact) mass is 301 g/mol. The van der Waals surface area contributed by atoms with Gasteiger partial charge in [0.2, 0.25) is 5.91 Å². The van der Waals surface area contributed by atoms with Crippen molar-refractivity contribution in [2.24, 2.45) is 5.92 Å². The summed E-state index contributed by atoms with van der Waals surface area (Å²) in [5, 5.41) is 21.7. The highest BCUT2D eigenvalue weighted by atomic mass is 79.9. The molecular formula is C12H16BrNO3. The van der Waals surface area contributed by atoms with Crippen LogP contribution in [0.5, 0.6) is 5.75 Å². The maximum absolute atomic E-state index is 11.6. The highest BCUT2D eigenvalue weighted by Crippen LogP contribution is 2.27. The van der Waals surface area contributed by atoms with E-state index in [1.54, 1.807) is 12.1 Å². The molecule has 0 aliphatic carbocycles. The number of nitrogens with one attached hydrogen (secondary N) is 1. The fourth-order valence-corrected chi connectivity index (χ4v) is 1.60. The van der Waals surface area contributed by atoms with E-state index in [2.05, 4.69) is 21.2 Å². The van der Waals surface area contributed by atoms with Crippen molar-refractivity contribution in [1.82, 2.24) is 0 Å². The molecule has 1 aromatic rings. The Morgan fingerprint density at radius 2 is 2.12 bits per heavy atom. The molecule has 0 aliphatic rings. The molecule has 94 valence electrons. The first-order chi connectivity index (χ1) is 7.90. The SMILES string of the molecule is CC(C)C(O)CC(=O)Nc1cc(Br)ccc1O. The van der Waals surface area contributed by atoms with E-state index in [9.17, 15) is 15.0 Å². The summed E-state index contributed by atoms with van der Waals surface area (Å²) < 4.78 is 0.759. The van der Waals surface area contributed by atoms with Crippen LogP contribution in [0.2, 0.25) is 0 Å². The summed E-state index contributed by atoms with van der Waals surface area (Å²) >= 11 is 3.25. The number of aliphatic hydroxyl groups is 1. The van der Waals surface area contributed by atoms with Gasteiger partial charge < -0.3 is 15.5 Å². The van der Waals surface area contributed by atoms with Gasteiger partial charge in [-0.3, -0.25) is 4.79 Å². The van der Waals surface area contributed by atoms with Gasteiger partial charge in [0.1, 0.15) is 5.75 Å². The molecule has 4 nitrogen and oxygen atoms in total. The van der Waals surface area contributed by atoms with Crippen molar-refractivity contribution in [2.45, 2.75) is 26.4 Å². The van der Waals surface area contributed by atoms with Crippen molar-refractivity contribution in [3.63, 3.8) is 0 Å². The lowest BCUT2D eigenvalue weighted by Gasteiger charge is -2.14. The number of rotatable bonds is 4. The van der Waals surface area contributed by atoms with Crippen LogP contribution < -0.4 is 5.32 Å².